The molecule has 4 aliphatic heterocycles. The number of benzene rings is 2. The number of nitrogens with zero attached hydrogens (tertiary/aromatic N) is 5. The molecule has 2 aromatic heterocycles. The lowest BCUT2D eigenvalue weighted by Gasteiger charge is -2.54. The number of piperidine rings is 1. The van der Waals surface area contributed by atoms with Crippen molar-refractivity contribution in [2.45, 2.75) is 18.9 Å². The number of methoxy groups -OCH3 is 2. The van der Waals surface area contributed by atoms with E-state index in [1.165, 1.54) is 25.9 Å². The second kappa shape index (κ2) is 12.2. The van der Waals surface area contributed by atoms with Gasteiger partial charge in [0.15, 0.2) is 0 Å². The van der Waals surface area contributed by atoms with E-state index in [4.69, 9.17) is 19.2 Å². The fraction of sp³-hybridized carbons (Fsp3) is 0.459. The lowest BCUT2D eigenvalue weighted by atomic mass is 9.78. The van der Waals surface area contributed by atoms with Crippen LogP contribution >= 0.6 is 0 Å². The second-order valence-corrected chi connectivity index (χ2v) is 13.8. The number of amides is 1. The predicted octanol–water partition coefficient (Wildman–Crippen LogP) is 4.60. The van der Waals surface area contributed by atoms with Crippen LogP contribution in [0, 0.1) is 5.41 Å². The van der Waals surface area contributed by atoms with E-state index in [1.807, 2.05) is 41.6 Å². The Morgan fingerprint density at radius 2 is 1.57 bits per heavy atom. The molecule has 1 N–H and O–H groups in total. The summed E-state index contributed by atoms with van der Waals surface area (Å²) in [5, 5.41) is 1.02. The highest BCUT2D eigenvalue weighted by Crippen LogP contribution is 2.43. The fourth-order valence-corrected chi connectivity index (χ4v) is 7.90. The molecule has 1 spiro atoms. The first kappa shape index (κ1) is 30.2. The Kier molecular flexibility index (Phi) is 7.82. The van der Waals surface area contributed by atoms with E-state index in [0.717, 1.165) is 103 Å². The van der Waals surface area contributed by atoms with Crippen molar-refractivity contribution in [2.75, 3.05) is 91.7 Å². The van der Waals surface area contributed by atoms with Gasteiger partial charge in [-0.25, -0.2) is 4.98 Å². The third-order valence-electron chi connectivity index (χ3n) is 10.8. The summed E-state index contributed by atoms with van der Waals surface area (Å²) in [7, 11) is 5.69. The van der Waals surface area contributed by atoms with Crippen molar-refractivity contribution in [3.8, 4) is 33.8 Å². The Morgan fingerprint density at radius 1 is 0.894 bits per heavy atom. The number of aromatic nitrogens is 2. The number of piperazine rings is 1. The van der Waals surface area contributed by atoms with E-state index in [9.17, 15) is 4.79 Å². The molecule has 6 heterocycles. The zero-order valence-corrected chi connectivity index (χ0v) is 27.6. The van der Waals surface area contributed by atoms with Gasteiger partial charge in [-0.1, -0.05) is 12.1 Å². The molecule has 0 saturated carbocycles. The summed E-state index contributed by atoms with van der Waals surface area (Å²) >= 11 is 0. The van der Waals surface area contributed by atoms with Crippen LogP contribution in [0.1, 0.15) is 23.2 Å². The Labute approximate surface area is 276 Å². The van der Waals surface area contributed by atoms with Crippen molar-refractivity contribution < 1.29 is 19.0 Å². The Hall–Kier alpha value is -4.12. The van der Waals surface area contributed by atoms with Gasteiger partial charge in [0.2, 0.25) is 0 Å². The molecule has 0 unspecified atom stereocenters. The van der Waals surface area contributed by atoms with Gasteiger partial charge >= 0.3 is 0 Å². The number of pyridine rings is 1. The number of carbonyl (C=O) groups is 1. The number of carbonyl (C=O) groups excluding carboxylic acids is 1. The first-order valence-corrected chi connectivity index (χ1v) is 16.8. The van der Waals surface area contributed by atoms with Gasteiger partial charge in [-0.3, -0.25) is 9.69 Å². The molecule has 0 atom stereocenters. The van der Waals surface area contributed by atoms with E-state index < -0.39 is 0 Å². The van der Waals surface area contributed by atoms with Gasteiger partial charge in [0.1, 0.15) is 22.8 Å². The normalized spacial score (nSPS) is 20.3. The van der Waals surface area contributed by atoms with Crippen LogP contribution in [-0.4, -0.2) is 123 Å². The number of hydrogen-bond acceptors (Lipinski definition) is 8. The van der Waals surface area contributed by atoms with Crippen LogP contribution in [-0.2, 0) is 4.74 Å². The number of anilines is 1. The Balaban J connectivity index is 1.02. The molecule has 47 heavy (non-hydrogen) atoms. The number of ether oxygens (including phenoxy) is 3. The van der Waals surface area contributed by atoms with Crippen molar-refractivity contribution >= 4 is 22.6 Å². The minimum absolute atomic E-state index is 0.0856. The Morgan fingerprint density at radius 3 is 2.19 bits per heavy atom. The molecule has 8 rings (SSSR count). The summed E-state index contributed by atoms with van der Waals surface area (Å²) in [6, 6.07) is 15.0. The number of H-pyrrole nitrogens is 1. The van der Waals surface area contributed by atoms with Crippen molar-refractivity contribution in [2.24, 2.45) is 5.41 Å². The number of aromatic amines is 1. The summed E-state index contributed by atoms with van der Waals surface area (Å²) in [4.78, 5) is 30.6. The molecule has 4 saturated heterocycles. The second-order valence-electron chi connectivity index (χ2n) is 13.8. The smallest absolute Gasteiger partial charge is 0.253 e. The summed E-state index contributed by atoms with van der Waals surface area (Å²) in [6.07, 6.45) is 6.38. The average Bonchev–Trinajstić information content (AvgIpc) is 3.50. The summed E-state index contributed by atoms with van der Waals surface area (Å²) in [6.45, 7) is 9.45. The van der Waals surface area contributed by atoms with E-state index >= 15 is 0 Å². The standard InChI is InChI=1S/C37H44N6O4/c1-40-10-8-29(9-11-40)41-12-14-42(15-13-41)34-32(45-2)17-27(18-33(34)46-3)28-16-30-31(20-39-35(30)38-19-28)25-4-6-26(7-5-25)36(44)43-21-37(22-43)23-47-24-37/h4-7,16-20,29H,8-15,21-24H2,1-3H3,(H,38,39). The van der Waals surface area contributed by atoms with Crippen LogP contribution in [0.25, 0.3) is 33.3 Å². The van der Waals surface area contributed by atoms with E-state index in [2.05, 4.69) is 44.9 Å². The SMILES string of the molecule is COc1cc(-c2cnc3[nH]cc(-c4ccc(C(=O)N5CC6(COC6)C5)cc4)c3c2)cc(OC)c1N1CCN(C2CCN(C)CC2)CC1. The molecule has 10 heteroatoms. The molecule has 4 fully saturated rings. The maximum atomic E-state index is 13.0. The van der Waals surface area contributed by atoms with Crippen LogP contribution in [0.5, 0.6) is 11.5 Å². The Bertz CT molecular complexity index is 1730. The van der Waals surface area contributed by atoms with Gasteiger partial charge in [0.25, 0.3) is 5.91 Å². The van der Waals surface area contributed by atoms with Gasteiger partial charge in [-0.2, -0.15) is 0 Å². The predicted molar refractivity (Wildman–Crippen MR) is 184 cm³/mol. The first-order chi connectivity index (χ1) is 22.9. The molecule has 0 bridgehead atoms. The molecule has 246 valence electrons. The van der Waals surface area contributed by atoms with Crippen LogP contribution in [0.2, 0.25) is 0 Å². The zero-order valence-electron chi connectivity index (χ0n) is 27.6. The quantitative estimate of drug-likeness (QED) is 0.315. The molecular weight excluding hydrogens is 592 g/mol. The maximum Gasteiger partial charge on any atom is 0.253 e. The minimum Gasteiger partial charge on any atom is -0.494 e. The molecule has 4 aromatic rings. The molecule has 1 amide bonds. The molecule has 0 aliphatic carbocycles. The van der Waals surface area contributed by atoms with Crippen molar-refractivity contribution in [1.29, 1.82) is 0 Å². The summed E-state index contributed by atoms with van der Waals surface area (Å²) < 4.78 is 17.4. The molecule has 10 nitrogen and oxygen atoms in total. The summed E-state index contributed by atoms with van der Waals surface area (Å²) in [5.74, 6) is 1.70. The molecule has 2 aromatic carbocycles. The fourth-order valence-electron chi connectivity index (χ4n) is 7.90. The van der Waals surface area contributed by atoms with E-state index in [0.29, 0.717) is 11.6 Å². The molecular formula is C37H44N6O4. The number of likely N-dealkylation sites (tertiary alicyclic amines) is 2. The lowest BCUT2D eigenvalue weighted by Crippen LogP contribution is -2.67. The highest BCUT2D eigenvalue weighted by Gasteiger charge is 2.50. The van der Waals surface area contributed by atoms with E-state index in [1.54, 1.807) is 14.2 Å². The highest BCUT2D eigenvalue weighted by molar-refractivity contribution is 5.98. The number of hydrogen-bond donors (Lipinski definition) is 1. The monoisotopic (exact) mass is 636 g/mol. The first-order valence-electron chi connectivity index (χ1n) is 16.8. The van der Waals surface area contributed by atoms with Crippen LogP contribution < -0.4 is 14.4 Å². The van der Waals surface area contributed by atoms with Crippen molar-refractivity contribution in [1.82, 2.24) is 24.7 Å². The largest absolute Gasteiger partial charge is 0.494 e. The lowest BCUT2D eigenvalue weighted by molar-refractivity contribution is -0.176. The van der Waals surface area contributed by atoms with Crippen molar-refractivity contribution in [3.05, 3.63) is 60.4 Å². The van der Waals surface area contributed by atoms with Gasteiger partial charge in [0, 0.05) is 79.8 Å². The van der Waals surface area contributed by atoms with E-state index in [-0.39, 0.29) is 11.3 Å². The molecule has 0 radical (unpaired) electrons. The summed E-state index contributed by atoms with van der Waals surface area (Å²) in [5.41, 5.74) is 6.79. The van der Waals surface area contributed by atoms with Crippen LogP contribution in [0.3, 0.4) is 0 Å². The number of fused-ring (bicyclic) bond motifs is 1. The highest BCUT2D eigenvalue weighted by atomic mass is 16.5. The number of nitrogens with one attached hydrogen (secondary N) is 1. The van der Waals surface area contributed by atoms with Gasteiger partial charge in [-0.05, 0) is 74.4 Å². The maximum absolute atomic E-state index is 13.0. The van der Waals surface area contributed by atoms with Gasteiger partial charge in [0.05, 0.1) is 32.8 Å². The van der Waals surface area contributed by atoms with Gasteiger partial charge in [-0.15, -0.1) is 0 Å². The minimum atomic E-state index is 0.0856. The van der Waals surface area contributed by atoms with Crippen molar-refractivity contribution in [3.63, 3.8) is 0 Å². The van der Waals surface area contributed by atoms with Gasteiger partial charge < -0.3 is 33.9 Å². The third-order valence-corrected chi connectivity index (χ3v) is 10.8. The zero-order chi connectivity index (χ0) is 32.1. The topological polar surface area (TPSA) is 86.4 Å². The van der Waals surface area contributed by atoms with Crippen LogP contribution in [0.4, 0.5) is 5.69 Å². The third kappa shape index (κ3) is 5.52. The molecule has 4 aliphatic rings. The number of rotatable bonds is 7. The van der Waals surface area contributed by atoms with Crippen LogP contribution in [0.15, 0.2) is 54.9 Å². The average molecular weight is 637 g/mol.